The number of amides is 2. The zero-order valence-corrected chi connectivity index (χ0v) is 14.0. The Bertz CT molecular complexity index is 664. The fraction of sp³-hybridized carbons (Fsp3) is 0.294. The van der Waals surface area contributed by atoms with Crippen molar-refractivity contribution in [1.29, 1.82) is 0 Å². The summed E-state index contributed by atoms with van der Waals surface area (Å²) in [5.41, 5.74) is 6.51. The molecule has 1 fully saturated rings. The Balaban J connectivity index is 1.39. The molecule has 24 heavy (non-hydrogen) atoms. The maximum absolute atomic E-state index is 11.8. The van der Waals surface area contributed by atoms with Crippen LogP contribution in [0.15, 0.2) is 48.7 Å². The van der Waals surface area contributed by atoms with Crippen molar-refractivity contribution in [3.8, 4) is 0 Å². The van der Waals surface area contributed by atoms with Gasteiger partial charge in [-0.1, -0.05) is 17.7 Å². The number of hydrogen-bond donors (Lipinski definition) is 3. The first kappa shape index (κ1) is 16.4. The summed E-state index contributed by atoms with van der Waals surface area (Å²) in [4.78, 5) is 18.2. The molecule has 0 aliphatic carbocycles. The summed E-state index contributed by atoms with van der Waals surface area (Å²) < 4.78 is 0. The third kappa shape index (κ3) is 4.52. The van der Waals surface area contributed by atoms with E-state index in [0.717, 1.165) is 24.5 Å². The monoisotopic (exact) mass is 345 g/mol. The Morgan fingerprint density at radius 2 is 2.08 bits per heavy atom. The molecule has 1 atom stereocenters. The van der Waals surface area contributed by atoms with Gasteiger partial charge in [-0.05, 0) is 48.7 Å². The number of rotatable bonds is 5. The second kappa shape index (κ2) is 7.88. The minimum absolute atomic E-state index is 0.259. The molecule has 1 aromatic heterocycles. The van der Waals surface area contributed by atoms with Crippen LogP contribution in [-0.4, -0.2) is 30.6 Å². The topological polar surface area (TPSA) is 69.3 Å². The molecule has 3 rings (SSSR count). The van der Waals surface area contributed by atoms with E-state index in [0.29, 0.717) is 18.3 Å². The minimum Gasteiger partial charge on any atom is -0.371 e. The summed E-state index contributed by atoms with van der Waals surface area (Å²) in [6.07, 6.45) is 2.71. The SMILES string of the molecule is O=C(NCC1CCN(c2ccc(Cl)cc2)C1)NNc1ccccn1. The van der Waals surface area contributed by atoms with Crippen LogP contribution >= 0.6 is 11.6 Å². The van der Waals surface area contributed by atoms with Crippen LogP contribution in [-0.2, 0) is 0 Å². The smallest absolute Gasteiger partial charge is 0.333 e. The van der Waals surface area contributed by atoms with Crippen LogP contribution in [0.3, 0.4) is 0 Å². The second-order valence-electron chi connectivity index (χ2n) is 5.75. The molecule has 3 N–H and O–H groups in total. The van der Waals surface area contributed by atoms with E-state index >= 15 is 0 Å². The first-order valence-corrected chi connectivity index (χ1v) is 8.30. The van der Waals surface area contributed by atoms with Crippen molar-refractivity contribution in [2.75, 3.05) is 30.0 Å². The molecule has 6 nitrogen and oxygen atoms in total. The largest absolute Gasteiger partial charge is 0.371 e. The van der Waals surface area contributed by atoms with Gasteiger partial charge in [0.25, 0.3) is 0 Å². The average molecular weight is 346 g/mol. The van der Waals surface area contributed by atoms with E-state index in [1.165, 1.54) is 5.69 Å². The summed E-state index contributed by atoms with van der Waals surface area (Å²) in [5.74, 6) is 1.03. The third-order valence-electron chi connectivity index (χ3n) is 4.00. The normalized spacial score (nSPS) is 16.7. The summed E-state index contributed by atoms with van der Waals surface area (Å²) in [6.45, 7) is 2.55. The van der Waals surface area contributed by atoms with Gasteiger partial charge in [-0.15, -0.1) is 0 Å². The minimum atomic E-state index is -0.259. The number of hydrazine groups is 1. The molecule has 2 aromatic rings. The first-order valence-electron chi connectivity index (χ1n) is 7.92. The number of aromatic nitrogens is 1. The molecule has 1 unspecified atom stereocenters. The number of carbonyl (C=O) groups is 1. The van der Waals surface area contributed by atoms with Gasteiger partial charge in [0.1, 0.15) is 5.82 Å². The number of halogens is 1. The van der Waals surface area contributed by atoms with Crippen molar-refractivity contribution < 1.29 is 4.79 Å². The Morgan fingerprint density at radius 1 is 1.25 bits per heavy atom. The molecule has 126 valence electrons. The lowest BCUT2D eigenvalue weighted by atomic mass is 10.1. The van der Waals surface area contributed by atoms with Gasteiger partial charge in [0.2, 0.25) is 0 Å². The van der Waals surface area contributed by atoms with E-state index in [1.807, 2.05) is 36.4 Å². The van der Waals surface area contributed by atoms with Gasteiger partial charge in [-0.3, -0.25) is 10.9 Å². The number of carbonyl (C=O) groups excluding carboxylic acids is 1. The second-order valence-corrected chi connectivity index (χ2v) is 6.19. The van der Waals surface area contributed by atoms with Crippen LogP contribution in [0, 0.1) is 5.92 Å². The maximum Gasteiger partial charge on any atom is 0.333 e. The number of urea groups is 1. The highest BCUT2D eigenvalue weighted by molar-refractivity contribution is 6.30. The van der Waals surface area contributed by atoms with E-state index in [2.05, 4.69) is 26.1 Å². The van der Waals surface area contributed by atoms with E-state index in [9.17, 15) is 4.79 Å². The molecule has 1 aromatic carbocycles. The molecule has 0 bridgehead atoms. The Morgan fingerprint density at radius 3 is 2.83 bits per heavy atom. The van der Waals surface area contributed by atoms with E-state index < -0.39 is 0 Å². The van der Waals surface area contributed by atoms with E-state index in [1.54, 1.807) is 12.3 Å². The summed E-state index contributed by atoms with van der Waals surface area (Å²) in [5, 5.41) is 3.63. The number of anilines is 2. The highest BCUT2D eigenvalue weighted by atomic mass is 35.5. The predicted octanol–water partition coefficient (Wildman–Crippen LogP) is 2.89. The summed E-state index contributed by atoms with van der Waals surface area (Å²) in [6, 6.07) is 13.0. The van der Waals surface area contributed by atoms with Crippen molar-refractivity contribution >= 4 is 29.1 Å². The van der Waals surface area contributed by atoms with Gasteiger partial charge >= 0.3 is 6.03 Å². The molecule has 0 saturated carbocycles. The number of nitrogens with zero attached hydrogens (tertiary/aromatic N) is 2. The zero-order chi connectivity index (χ0) is 16.8. The lowest BCUT2D eigenvalue weighted by molar-refractivity contribution is 0.241. The molecule has 1 aliphatic rings. The van der Waals surface area contributed by atoms with Crippen molar-refractivity contribution in [2.45, 2.75) is 6.42 Å². The van der Waals surface area contributed by atoms with Crippen LogP contribution in [0.2, 0.25) is 5.02 Å². The van der Waals surface area contributed by atoms with Crippen LogP contribution in [0.1, 0.15) is 6.42 Å². The number of benzene rings is 1. The lowest BCUT2D eigenvalue weighted by Gasteiger charge is -2.19. The first-order chi connectivity index (χ1) is 11.7. The molecule has 7 heteroatoms. The van der Waals surface area contributed by atoms with Gasteiger partial charge in [0.05, 0.1) is 0 Å². The Kier molecular flexibility index (Phi) is 5.38. The van der Waals surface area contributed by atoms with E-state index in [4.69, 9.17) is 11.6 Å². The van der Waals surface area contributed by atoms with Gasteiger partial charge in [0.15, 0.2) is 0 Å². The molecular formula is C17H20ClN5O. The summed E-state index contributed by atoms with van der Waals surface area (Å²) in [7, 11) is 0. The van der Waals surface area contributed by atoms with Crippen molar-refractivity contribution in [3.05, 3.63) is 53.7 Å². The molecular weight excluding hydrogens is 326 g/mol. The standard InChI is InChI=1S/C17H20ClN5O/c18-14-4-6-15(7-5-14)23-10-8-13(12-23)11-20-17(24)22-21-16-3-1-2-9-19-16/h1-7,9,13H,8,10-12H2,(H,19,21)(H2,20,22,24). The van der Waals surface area contributed by atoms with Gasteiger partial charge in [-0.25, -0.2) is 9.78 Å². The quantitative estimate of drug-likeness (QED) is 0.729. The van der Waals surface area contributed by atoms with Crippen molar-refractivity contribution in [3.63, 3.8) is 0 Å². The average Bonchev–Trinajstić information content (AvgIpc) is 3.09. The van der Waals surface area contributed by atoms with Crippen molar-refractivity contribution in [1.82, 2.24) is 15.7 Å². The maximum atomic E-state index is 11.8. The highest BCUT2D eigenvalue weighted by Crippen LogP contribution is 2.24. The fourth-order valence-electron chi connectivity index (χ4n) is 2.72. The molecule has 1 saturated heterocycles. The third-order valence-corrected chi connectivity index (χ3v) is 4.25. The molecule has 0 radical (unpaired) electrons. The van der Waals surface area contributed by atoms with Crippen LogP contribution < -0.4 is 21.1 Å². The van der Waals surface area contributed by atoms with Crippen LogP contribution in [0.5, 0.6) is 0 Å². The van der Waals surface area contributed by atoms with Crippen molar-refractivity contribution in [2.24, 2.45) is 5.92 Å². The number of hydrogen-bond acceptors (Lipinski definition) is 4. The number of pyridine rings is 1. The summed E-state index contributed by atoms with van der Waals surface area (Å²) >= 11 is 5.92. The van der Waals surface area contributed by atoms with Crippen LogP contribution in [0.25, 0.3) is 0 Å². The molecule has 1 aliphatic heterocycles. The number of nitrogens with one attached hydrogen (secondary N) is 3. The molecule has 2 amide bonds. The van der Waals surface area contributed by atoms with E-state index in [-0.39, 0.29) is 6.03 Å². The fourth-order valence-corrected chi connectivity index (χ4v) is 2.85. The van der Waals surface area contributed by atoms with Gasteiger partial charge in [0, 0.05) is 36.5 Å². The molecule has 0 spiro atoms. The molecule has 2 heterocycles. The lowest BCUT2D eigenvalue weighted by Crippen LogP contribution is -2.41. The predicted molar refractivity (Wildman–Crippen MR) is 96.2 cm³/mol. The van der Waals surface area contributed by atoms with Gasteiger partial charge in [-0.2, -0.15) is 0 Å². The van der Waals surface area contributed by atoms with Crippen LogP contribution in [0.4, 0.5) is 16.3 Å². The Labute approximate surface area is 146 Å². The Hall–Kier alpha value is -2.47. The zero-order valence-electron chi connectivity index (χ0n) is 13.2. The van der Waals surface area contributed by atoms with Gasteiger partial charge < -0.3 is 10.2 Å². The highest BCUT2D eigenvalue weighted by Gasteiger charge is 2.23.